The van der Waals surface area contributed by atoms with Crippen molar-refractivity contribution in [3.8, 4) is 44.5 Å². The topological polar surface area (TPSA) is 23.9 Å². The van der Waals surface area contributed by atoms with Crippen LogP contribution in [-0.4, -0.2) is 5.71 Å². The van der Waals surface area contributed by atoms with Crippen molar-refractivity contribution in [1.82, 2.24) is 0 Å². The van der Waals surface area contributed by atoms with E-state index in [2.05, 4.69) is 165 Å². The number of allylic oxidation sites excluding steroid dienone is 6. The van der Waals surface area contributed by atoms with E-state index in [4.69, 9.17) is 5.41 Å². The van der Waals surface area contributed by atoms with Gasteiger partial charge in [-0.3, -0.25) is 0 Å². The third-order valence-electron chi connectivity index (χ3n) is 9.13. The molecule has 0 saturated carbocycles. The third kappa shape index (κ3) is 6.11. The van der Waals surface area contributed by atoms with E-state index in [9.17, 15) is 0 Å². The van der Waals surface area contributed by atoms with Crippen LogP contribution in [0.4, 0.5) is 0 Å². The van der Waals surface area contributed by atoms with Crippen molar-refractivity contribution < 1.29 is 0 Å². The van der Waals surface area contributed by atoms with Gasteiger partial charge >= 0.3 is 0 Å². The van der Waals surface area contributed by atoms with Gasteiger partial charge in [-0.25, -0.2) is 0 Å². The number of nitrogens with one attached hydrogen (secondary N) is 1. The highest BCUT2D eigenvalue weighted by Gasteiger charge is 2.21. The molecule has 0 fully saturated rings. The molecule has 0 bridgehead atoms. The molecule has 1 nitrogen and oxygen atoms in total. The van der Waals surface area contributed by atoms with Gasteiger partial charge in [-0.1, -0.05) is 177 Å². The fraction of sp³-hybridized carbons (Fsp3) is 0.0208. The summed E-state index contributed by atoms with van der Waals surface area (Å²) in [4.78, 5) is 0. The number of hydrogen-bond acceptors (Lipinski definition) is 1. The van der Waals surface area contributed by atoms with Gasteiger partial charge in [0.2, 0.25) is 0 Å². The minimum atomic E-state index is 0.415. The van der Waals surface area contributed by atoms with Gasteiger partial charge in [0.25, 0.3) is 0 Å². The molecule has 0 atom stereocenters. The molecule has 1 N–H and O–H groups in total. The standard InChI is InChI=1S/C48H37N/c1-4-17-33(2)34(3)28-31-46(49)37-29-30-44-45(32-37)48(41-25-14-12-23-39(41)36-20-9-6-10-21-36)43-27-16-15-26-42(43)47(44)40-24-13-11-22-38(40)35-18-7-5-8-19-35/h4-32,49H,2-3H2,1H3/b17-4-,31-28-,49-46?. The minimum Gasteiger partial charge on any atom is -0.300 e. The lowest BCUT2D eigenvalue weighted by Crippen LogP contribution is -1.98. The lowest BCUT2D eigenvalue weighted by Gasteiger charge is -2.21. The Hall–Kier alpha value is -6.31. The van der Waals surface area contributed by atoms with Crippen LogP contribution in [0.15, 0.2) is 200 Å². The smallest absolute Gasteiger partial charge is 0.0612 e. The molecule has 0 aromatic heterocycles. The highest BCUT2D eigenvalue weighted by atomic mass is 14.4. The van der Waals surface area contributed by atoms with Crippen LogP contribution in [-0.2, 0) is 0 Å². The summed E-state index contributed by atoms with van der Waals surface area (Å²) in [6.45, 7) is 10.2. The number of fused-ring (bicyclic) bond motifs is 2. The number of rotatable bonds is 9. The molecule has 1 heteroatoms. The molecule has 234 valence electrons. The van der Waals surface area contributed by atoms with Crippen LogP contribution in [0, 0.1) is 5.41 Å². The van der Waals surface area contributed by atoms with Crippen molar-refractivity contribution in [3.63, 3.8) is 0 Å². The Morgan fingerprint density at radius 1 is 0.449 bits per heavy atom. The van der Waals surface area contributed by atoms with Crippen molar-refractivity contribution >= 4 is 27.3 Å². The Bertz CT molecular complexity index is 2420. The van der Waals surface area contributed by atoms with Crippen LogP contribution in [0.25, 0.3) is 66.1 Å². The maximum atomic E-state index is 9.14. The largest absolute Gasteiger partial charge is 0.300 e. The molecule has 0 aliphatic carbocycles. The van der Waals surface area contributed by atoms with Crippen LogP contribution in [0.2, 0.25) is 0 Å². The molecule has 0 heterocycles. The molecule has 7 aromatic carbocycles. The average molecular weight is 628 g/mol. The minimum absolute atomic E-state index is 0.415. The zero-order valence-corrected chi connectivity index (χ0v) is 27.7. The van der Waals surface area contributed by atoms with E-state index in [-0.39, 0.29) is 0 Å². The summed E-state index contributed by atoms with van der Waals surface area (Å²) in [7, 11) is 0. The summed E-state index contributed by atoms with van der Waals surface area (Å²) in [6, 6.07) is 53.8. The van der Waals surface area contributed by atoms with Gasteiger partial charge in [-0.15, -0.1) is 0 Å². The molecular formula is C48H37N. The molecule has 0 unspecified atom stereocenters. The summed E-state index contributed by atoms with van der Waals surface area (Å²) in [5, 5.41) is 13.8. The summed E-state index contributed by atoms with van der Waals surface area (Å²) in [5.74, 6) is 0. The lowest BCUT2D eigenvalue weighted by molar-refractivity contribution is 1.49. The number of hydrogen-bond donors (Lipinski definition) is 1. The van der Waals surface area contributed by atoms with E-state index in [0.717, 1.165) is 38.6 Å². The first kappa shape index (κ1) is 31.3. The molecule has 0 aliphatic heterocycles. The molecule has 0 saturated heterocycles. The maximum Gasteiger partial charge on any atom is 0.0612 e. The molecule has 7 aromatic rings. The van der Waals surface area contributed by atoms with Crippen molar-refractivity contribution in [2.45, 2.75) is 6.92 Å². The summed E-state index contributed by atoms with van der Waals surface area (Å²) < 4.78 is 0. The van der Waals surface area contributed by atoms with E-state index in [1.54, 1.807) is 0 Å². The van der Waals surface area contributed by atoms with E-state index < -0.39 is 0 Å². The van der Waals surface area contributed by atoms with Gasteiger partial charge in [-0.05, 0) is 96.3 Å². The second kappa shape index (κ2) is 13.8. The maximum absolute atomic E-state index is 9.14. The van der Waals surface area contributed by atoms with Crippen molar-refractivity contribution in [3.05, 3.63) is 206 Å². The quantitative estimate of drug-likeness (QED) is 0.0935. The first-order chi connectivity index (χ1) is 24.0. The van der Waals surface area contributed by atoms with E-state index in [0.29, 0.717) is 5.71 Å². The Balaban J connectivity index is 1.55. The zero-order valence-electron chi connectivity index (χ0n) is 27.7. The normalized spacial score (nSPS) is 11.4. The summed E-state index contributed by atoms with van der Waals surface area (Å²) in [6.07, 6.45) is 7.58. The van der Waals surface area contributed by atoms with Gasteiger partial charge in [0.1, 0.15) is 0 Å². The molecule has 0 spiro atoms. The Labute approximate surface area is 289 Å². The molecule has 7 rings (SSSR count). The third-order valence-corrected chi connectivity index (χ3v) is 9.13. The Kier molecular flexibility index (Phi) is 8.82. The van der Waals surface area contributed by atoms with Crippen LogP contribution in [0.5, 0.6) is 0 Å². The van der Waals surface area contributed by atoms with Crippen molar-refractivity contribution in [2.24, 2.45) is 0 Å². The molecule has 0 radical (unpaired) electrons. The van der Waals surface area contributed by atoms with Crippen molar-refractivity contribution in [1.29, 1.82) is 5.41 Å². The lowest BCUT2D eigenvalue weighted by atomic mass is 9.81. The SMILES string of the molecule is C=C(/C=C\C)C(=C)/C=C\C(=N)c1ccc2c(-c3ccccc3-c3ccccc3)c3ccccc3c(-c3ccccc3-c3ccccc3)c2c1. The fourth-order valence-corrected chi connectivity index (χ4v) is 6.76. The van der Waals surface area contributed by atoms with Gasteiger partial charge in [0.05, 0.1) is 5.71 Å². The predicted octanol–water partition coefficient (Wildman–Crippen LogP) is 13.3. The summed E-state index contributed by atoms with van der Waals surface area (Å²) in [5.41, 5.74) is 12.3. The van der Waals surface area contributed by atoms with Gasteiger partial charge in [0.15, 0.2) is 0 Å². The van der Waals surface area contributed by atoms with Crippen LogP contribution in [0.1, 0.15) is 12.5 Å². The highest BCUT2D eigenvalue weighted by Crippen LogP contribution is 2.48. The first-order valence-corrected chi connectivity index (χ1v) is 16.6. The average Bonchev–Trinajstić information content (AvgIpc) is 3.16. The van der Waals surface area contributed by atoms with Crippen LogP contribution in [0.3, 0.4) is 0 Å². The summed E-state index contributed by atoms with van der Waals surface area (Å²) >= 11 is 0. The van der Waals surface area contributed by atoms with Crippen LogP contribution >= 0.6 is 0 Å². The van der Waals surface area contributed by atoms with E-state index >= 15 is 0 Å². The number of benzene rings is 7. The van der Waals surface area contributed by atoms with Crippen molar-refractivity contribution in [2.75, 3.05) is 0 Å². The first-order valence-electron chi connectivity index (χ1n) is 16.6. The fourth-order valence-electron chi connectivity index (χ4n) is 6.76. The van der Waals surface area contributed by atoms with Gasteiger partial charge in [0, 0.05) is 5.56 Å². The molecule has 49 heavy (non-hydrogen) atoms. The van der Waals surface area contributed by atoms with Gasteiger partial charge in [-0.2, -0.15) is 0 Å². The van der Waals surface area contributed by atoms with E-state index in [1.165, 1.54) is 44.2 Å². The molecule has 0 aliphatic rings. The van der Waals surface area contributed by atoms with Crippen LogP contribution < -0.4 is 0 Å². The highest BCUT2D eigenvalue weighted by molar-refractivity contribution is 6.24. The predicted molar refractivity (Wildman–Crippen MR) is 212 cm³/mol. The second-order valence-electron chi connectivity index (χ2n) is 12.2. The molecular weight excluding hydrogens is 591 g/mol. The zero-order chi connectivity index (χ0) is 33.7. The Morgan fingerprint density at radius 2 is 0.878 bits per heavy atom. The monoisotopic (exact) mass is 627 g/mol. The van der Waals surface area contributed by atoms with E-state index in [1.807, 2.05) is 31.2 Å². The van der Waals surface area contributed by atoms with Gasteiger partial charge < -0.3 is 5.41 Å². The molecule has 0 amide bonds. The Morgan fingerprint density at radius 3 is 1.41 bits per heavy atom. The second-order valence-corrected chi connectivity index (χ2v) is 12.2.